The number of fused-ring (bicyclic) bond motifs is 1. The maximum absolute atomic E-state index is 12.9. The van der Waals surface area contributed by atoms with Crippen LogP contribution in [-0.2, 0) is 10.0 Å². The van der Waals surface area contributed by atoms with Crippen LogP contribution in [0, 0.1) is 13.8 Å². The number of nitrogens with one attached hydrogen (secondary N) is 1. The third-order valence-corrected chi connectivity index (χ3v) is 7.00. The van der Waals surface area contributed by atoms with Gasteiger partial charge in [-0.3, -0.25) is 0 Å². The first-order valence-electron chi connectivity index (χ1n) is 10.6. The molecule has 4 aromatic rings. The number of hydrogen-bond acceptors (Lipinski definition) is 5. The maximum atomic E-state index is 12.9. The Hall–Kier alpha value is -3.78. The Labute approximate surface area is 192 Å². The lowest BCUT2D eigenvalue weighted by Gasteiger charge is -2.23. The molecule has 7 nitrogen and oxygen atoms in total. The smallest absolute Gasteiger partial charge is 0.246 e. The summed E-state index contributed by atoms with van der Waals surface area (Å²) in [5.41, 5.74) is 5.09. The molecule has 0 saturated heterocycles. The van der Waals surface area contributed by atoms with Gasteiger partial charge in [-0.2, -0.15) is 4.98 Å². The Balaban J connectivity index is 1.55. The number of rotatable bonds is 5. The average molecular weight is 458 g/mol. The first-order valence-corrected chi connectivity index (χ1v) is 12.1. The summed E-state index contributed by atoms with van der Waals surface area (Å²) in [6.45, 7) is 3.95. The van der Waals surface area contributed by atoms with Crippen LogP contribution in [0.25, 0.3) is 0 Å². The predicted molar refractivity (Wildman–Crippen MR) is 129 cm³/mol. The zero-order chi connectivity index (χ0) is 23.0. The Bertz CT molecular complexity index is 1420. The molecular formula is C25H23N5O2S. The van der Waals surface area contributed by atoms with Crippen LogP contribution in [0.2, 0.25) is 0 Å². The van der Waals surface area contributed by atoms with Gasteiger partial charge in [0.2, 0.25) is 0 Å². The standard InChI is InChI=1S/C25H23N5O2S/c1-17-8-12-20(13-9-17)23-16-22(19-6-4-3-5-7-19)26-25-27-24(28-30(23)25)29-33(31,32)21-14-10-18(2)11-15-21/h3-15,23H,16H2,1-2H3,(H,28,29). The van der Waals surface area contributed by atoms with Crippen molar-refractivity contribution in [1.82, 2.24) is 14.8 Å². The zero-order valence-corrected chi connectivity index (χ0v) is 19.1. The van der Waals surface area contributed by atoms with Gasteiger partial charge in [-0.25, -0.2) is 22.8 Å². The SMILES string of the molecule is Cc1ccc(C2CC(c3ccccc3)=Nc3nc(NS(=O)(=O)c4ccc(C)cc4)nn32)cc1. The molecule has 0 radical (unpaired) electrons. The summed E-state index contributed by atoms with van der Waals surface area (Å²) < 4.78 is 29.9. The fourth-order valence-corrected chi connectivity index (χ4v) is 4.78. The number of aromatic nitrogens is 3. The number of benzene rings is 3. The molecule has 0 fully saturated rings. The van der Waals surface area contributed by atoms with E-state index in [1.54, 1.807) is 28.9 Å². The van der Waals surface area contributed by atoms with E-state index in [4.69, 9.17) is 4.99 Å². The van der Waals surface area contributed by atoms with Gasteiger partial charge in [-0.1, -0.05) is 77.9 Å². The van der Waals surface area contributed by atoms with Crippen molar-refractivity contribution in [3.8, 4) is 0 Å². The van der Waals surface area contributed by atoms with E-state index in [0.717, 1.165) is 28.0 Å². The van der Waals surface area contributed by atoms with Crippen molar-refractivity contribution < 1.29 is 8.42 Å². The van der Waals surface area contributed by atoms with Gasteiger partial charge in [-0.15, -0.1) is 5.10 Å². The van der Waals surface area contributed by atoms with Gasteiger partial charge in [0.25, 0.3) is 21.9 Å². The minimum Gasteiger partial charge on any atom is -0.246 e. The van der Waals surface area contributed by atoms with Crippen LogP contribution in [-0.4, -0.2) is 28.9 Å². The van der Waals surface area contributed by atoms with Crippen LogP contribution in [0.5, 0.6) is 0 Å². The largest absolute Gasteiger partial charge is 0.264 e. The molecule has 0 spiro atoms. The van der Waals surface area contributed by atoms with Gasteiger partial charge in [0.05, 0.1) is 16.6 Å². The summed E-state index contributed by atoms with van der Waals surface area (Å²) in [6.07, 6.45) is 0.619. The van der Waals surface area contributed by atoms with Crippen LogP contribution >= 0.6 is 0 Å². The summed E-state index contributed by atoms with van der Waals surface area (Å²) in [4.78, 5) is 9.29. The Morgan fingerprint density at radius 3 is 2.18 bits per heavy atom. The molecule has 1 atom stereocenters. The van der Waals surface area contributed by atoms with Crippen LogP contribution in [0.1, 0.15) is 34.7 Å². The molecule has 1 aliphatic heterocycles. The molecule has 1 aromatic heterocycles. The normalized spacial score (nSPS) is 15.6. The lowest BCUT2D eigenvalue weighted by Crippen LogP contribution is -2.21. The number of aryl methyl sites for hydroxylation is 2. The Morgan fingerprint density at radius 2 is 1.52 bits per heavy atom. The minimum absolute atomic E-state index is 0.000693. The summed E-state index contributed by atoms with van der Waals surface area (Å²) >= 11 is 0. The zero-order valence-electron chi connectivity index (χ0n) is 18.3. The van der Waals surface area contributed by atoms with E-state index < -0.39 is 10.0 Å². The van der Waals surface area contributed by atoms with Crippen LogP contribution in [0.3, 0.4) is 0 Å². The van der Waals surface area contributed by atoms with Gasteiger partial charge in [0.15, 0.2) is 0 Å². The summed E-state index contributed by atoms with van der Waals surface area (Å²) in [7, 11) is -3.82. The molecule has 8 heteroatoms. The molecule has 0 bridgehead atoms. The van der Waals surface area contributed by atoms with Gasteiger partial charge >= 0.3 is 0 Å². The number of aliphatic imine (C=N–C) groups is 1. The van der Waals surface area contributed by atoms with Crippen LogP contribution in [0.15, 0.2) is 88.8 Å². The highest BCUT2D eigenvalue weighted by molar-refractivity contribution is 7.92. The lowest BCUT2D eigenvalue weighted by molar-refractivity contribution is 0.532. The van der Waals surface area contributed by atoms with E-state index in [0.29, 0.717) is 12.4 Å². The molecule has 0 aliphatic carbocycles. The van der Waals surface area contributed by atoms with Crippen molar-refractivity contribution in [2.24, 2.45) is 4.99 Å². The monoisotopic (exact) mass is 457 g/mol. The van der Waals surface area contributed by atoms with Crippen molar-refractivity contribution >= 4 is 27.6 Å². The lowest BCUT2D eigenvalue weighted by atomic mass is 9.95. The second kappa shape index (κ2) is 8.29. The summed E-state index contributed by atoms with van der Waals surface area (Å²) in [5, 5.41) is 4.50. The van der Waals surface area contributed by atoms with Crippen molar-refractivity contribution in [1.29, 1.82) is 0 Å². The van der Waals surface area contributed by atoms with Crippen LogP contribution in [0.4, 0.5) is 11.9 Å². The van der Waals surface area contributed by atoms with E-state index in [9.17, 15) is 8.42 Å². The van der Waals surface area contributed by atoms with Crippen LogP contribution < -0.4 is 4.72 Å². The number of hydrogen-bond donors (Lipinski definition) is 1. The van der Waals surface area contributed by atoms with Gasteiger partial charge in [-0.05, 0) is 37.1 Å². The van der Waals surface area contributed by atoms with Crippen molar-refractivity contribution in [3.63, 3.8) is 0 Å². The molecule has 0 amide bonds. The molecule has 3 aromatic carbocycles. The first kappa shape index (κ1) is 21.1. The molecular weight excluding hydrogens is 434 g/mol. The molecule has 166 valence electrons. The second-order valence-corrected chi connectivity index (χ2v) is 9.84. The molecule has 1 N–H and O–H groups in total. The molecule has 2 heterocycles. The molecule has 0 saturated carbocycles. The molecule has 5 rings (SSSR count). The first-order chi connectivity index (χ1) is 15.9. The quantitative estimate of drug-likeness (QED) is 0.466. The predicted octanol–water partition coefficient (Wildman–Crippen LogP) is 4.81. The minimum atomic E-state index is -3.82. The van der Waals surface area contributed by atoms with E-state index >= 15 is 0 Å². The van der Waals surface area contributed by atoms with Crippen molar-refractivity contribution in [3.05, 3.63) is 101 Å². The highest BCUT2D eigenvalue weighted by Gasteiger charge is 2.28. The molecule has 1 aliphatic rings. The number of anilines is 1. The Kier molecular flexibility index (Phi) is 5.30. The fourth-order valence-electron chi connectivity index (χ4n) is 3.84. The van der Waals surface area contributed by atoms with Gasteiger partial charge < -0.3 is 0 Å². The van der Waals surface area contributed by atoms with E-state index in [1.165, 1.54) is 0 Å². The highest BCUT2D eigenvalue weighted by Crippen LogP contribution is 2.34. The highest BCUT2D eigenvalue weighted by atomic mass is 32.2. The second-order valence-electron chi connectivity index (χ2n) is 8.15. The van der Waals surface area contributed by atoms with E-state index in [2.05, 4.69) is 39.1 Å². The molecule has 33 heavy (non-hydrogen) atoms. The molecule has 1 unspecified atom stereocenters. The Morgan fingerprint density at radius 1 is 0.879 bits per heavy atom. The summed E-state index contributed by atoms with van der Waals surface area (Å²) in [6, 6.07) is 24.7. The average Bonchev–Trinajstić information content (AvgIpc) is 3.21. The number of sulfonamides is 1. The van der Waals surface area contributed by atoms with Crippen molar-refractivity contribution in [2.75, 3.05) is 4.72 Å². The van der Waals surface area contributed by atoms with E-state index in [-0.39, 0.29) is 16.9 Å². The topological polar surface area (TPSA) is 89.2 Å². The third kappa shape index (κ3) is 4.29. The van der Waals surface area contributed by atoms with Gasteiger partial charge in [0.1, 0.15) is 0 Å². The summed E-state index contributed by atoms with van der Waals surface area (Å²) in [5.74, 6) is 0.369. The van der Waals surface area contributed by atoms with Gasteiger partial charge in [0, 0.05) is 6.42 Å². The van der Waals surface area contributed by atoms with Crippen molar-refractivity contribution in [2.45, 2.75) is 31.2 Å². The number of nitrogens with zero attached hydrogens (tertiary/aromatic N) is 4. The fraction of sp³-hybridized carbons (Fsp3) is 0.160. The van der Waals surface area contributed by atoms with E-state index in [1.807, 2.05) is 44.2 Å². The maximum Gasteiger partial charge on any atom is 0.264 e. The third-order valence-electron chi connectivity index (χ3n) is 5.66.